The van der Waals surface area contributed by atoms with Gasteiger partial charge in [0.2, 0.25) is 5.91 Å². The number of aliphatic hydroxyl groups excluding tert-OH is 1. The zero-order valence-electron chi connectivity index (χ0n) is 29.4. The lowest BCUT2D eigenvalue weighted by Gasteiger charge is -2.30. The summed E-state index contributed by atoms with van der Waals surface area (Å²) in [5.41, 5.74) is 1.30. The highest BCUT2D eigenvalue weighted by molar-refractivity contribution is 5.95. The van der Waals surface area contributed by atoms with E-state index < -0.39 is 60.1 Å². The van der Waals surface area contributed by atoms with E-state index in [-0.39, 0.29) is 44.1 Å². The number of nitrogens with zero attached hydrogens (tertiary/aromatic N) is 3. The number of cyclic esters (lactones) is 1. The summed E-state index contributed by atoms with van der Waals surface area (Å²) in [6.45, 7) is 5.57. The number of aliphatic hydroxyl groups is 1. The molecule has 2 aliphatic heterocycles. The Morgan fingerprint density at radius 1 is 1.17 bits per heavy atom. The molecule has 3 N–H and O–H groups in total. The van der Waals surface area contributed by atoms with Crippen LogP contribution >= 0.6 is 0 Å². The molecule has 0 radical (unpaired) electrons. The maximum Gasteiger partial charge on any atom is 0.412 e. The van der Waals surface area contributed by atoms with E-state index in [0.29, 0.717) is 29.7 Å². The molecule has 4 heterocycles. The third-order valence-electron chi connectivity index (χ3n) is 8.87. The molecule has 2 bridgehead atoms. The van der Waals surface area contributed by atoms with Gasteiger partial charge < -0.3 is 29.2 Å². The van der Waals surface area contributed by atoms with E-state index in [9.17, 15) is 28.7 Å². The van der Waals surface area contributed by atoms with Crippen molar-refractivity contribution < 1.29 is 42.6 Å². The Hall–Kier alpha value is -5.37. The van der Waals surface area contributed by atoms with Gasteiger partial charge >= 0.3 is 12.1 Å². The predicted octanol–water partition coefficient (Wildman–Crippen LogP) is 5.08. The molecule has 3 amide bonds. The molecule has 1 fully saturated rings. The predicted molar refractivity (Wildman–Crippen MR) is 190 cm³/mol. The number of amides is 3. The molecule has 6 atom stereocenters. The highest BCUT2D eigenvalue weighted by atomic mass is 19.1. The fraction of sp³-hybridized carbons (Fsp3) is 0.421. The number of aromatic nitrogens is 2. The zero-order valence-corrected chi connectivity index (χ0v) is 29.4. The standard InChI is InChI=1S/C38H44FN5O8/c1-23-8-6-16-40-33(46)15-12-24(2)35(25(3)21-51-38(49)43-32-14-13-26-9-4-5-10-29(26)41-32)52-37(48)31-11-7-17-44(31)36(47)30-22-50-34(42-30)20-27(39)19-28(45)18-23/h4-6,8-10,12-15,18,22,24-25,27-28,31,35,45H,7,11,16-17,19-21H2,1-3H3,(H,40,46)(H,41,43,49)/b8-6?,15-12+,23-18?. The Labute approximate surface area is 301 Å². The number of nitrogens with one attached hydrogen (secondary N) is 2. The number of rotatable bonds is 4. The van der Waals surface area contributed by atoms with Crippen molar-refractivity contribution >= 4 is 40.6 Å². The van der Waals surface area contributed by atoms with Crippen LogP contribution in [0.2, 0.25) is 0 Å². The smallest absolute Gasteiger partial charge is 0.412 e. The summed E-state index contributed by atoms with van der Waals surface area (Å²) >= 11 is 0. The highest BCUT2D eigenvalue weighted by Gasteiger charge is 2.39. The fourth-order valence-corrected chi connectivity index (χ4v) is 6.21. The molecule has 6 unspecified atom stereocenters. The van der Waals surface area contributed by atoms with E-state index in [1.807, 2.05) is 30.3 Å². The van der Waals surface area contributed by atoms with Gasteiger partial charge in [-0.05, 0) is 44.0 Å². The highest BCUT2D eigenvalue weighted by Crippen LogP contribution is 2.26. The van der Waals surface area contributed by atoms with Crippen LogP contribution < -0.4 is 10.6 Å². The molecule has 14 heteroatoms. The maximum atomic E-state index is 14.8. The van der Waals surface area contributed by atoms with Gasteiger partial charge in [0.1, 0.15) is 30.4 Å². The Morgan fingerprint density at radius 3 is 2.81 bits per heavy atom. The third-order valence-corrected chi connectivity index (χ3v) is 8.87. The largest absolute Gasteiger partial charge is 0.460 e. The number of hydrogen-bond acceptors (Lipinski definition) is 10. The summed E-state index contributed by atoms with van der Waals surface area (Å²) in [5, 5.41) is 16.6. The average Bonchev–Trinajstić information content (AvgIpc) is 3.80. The molecule has 3 aromatic rings. The summed E-state index contributed by atoms with van der Waals surface area (Å²) in [5.74, 6) is -2.38. The number of ether oxygens (including phenoxy) is 2. The minimum Gasteiger partial charge on any atom is -0.460 e. The first kappa shape index (κ1) is 37.9. The van der Waals surface area contributed by atoms with E-state index in [4.69, 9.17) is 13.9 Å². The Balaban J connectivity index is 1.32. The Bertz CT molecular complexity index is 1840. The first-order valence-electron chi connectivity index (χ1n) is 17.4. The van der Waals surface area contributed by atoms with Crippen LogP contribution in [0.15, 0.2) is 83.0 Å². The number of pyridine rings is 1. The second-order valence-electron chi connectivity index (χ2n) is 13.2. The molecule has 52 heavy (non-hydrogen) atoms. The van der Waals surface area contributed by atoms with Crippen molar-refractivity contribution in [3.8, 4) is 0 Å². The van der Waals surface area contributed by atoms with Crippen LogP contribution in [-0.2, 0) is 25.5 Å². The SMILES string of the molecule is CC1=CC(O)CC(F)Cc2nc(co2)C(=O)N2CCCC2C(=O)OC(C(C)COC(=O)Nc2ccc3ccccc3n2)C(C)/C=C/C(=O)NCC=C1. The number of carbonyl (C=O) groups excluding carboxylic acids is 4. The molecule has 13 nitrogen and oxygen atoms in total. The summed E-state index contributed by atoms with van der Waals surface area (Å²) < 4.78 is 31.8. The van der Waals surface area contributed by atoms with Crippen LogP contribution in [0.4, 0.5) is 15.0 Å². The topological polar surface area (TPSA) is 173 Å². The van der Waals surface area contributed by atoms with E-state index in [1.54, 1.807) is 45.1 Å². The fourth-order valence-electron chi connectivity index (χ4n) is 6.21. The lowest BCUT2D eigenvalue weighted by Crippen LogP contribution is -2.44. The molecule has 276 valence electrons. The number of esters is 1. The van der Waals surface area contributed by atoms with Gasteiger partial charge in [-0.25, -0.2) is 23.9 Å². The summed E-state index contributed by atoms with van der Waals surface area (Å²) in [6, 6.07) is 10.0. The number of para-hydroxylation sites is 1. The van der Waals surface area contributed by atoms with Gasteiger partial charge in [-0.2, -0.15) is 0 Å². The van der Waals surface area contributed by atoms with Crippen LogP contribution in [0.5, 0.6) is 0 Å². The molecule has 2 aliphatic rings. The van der Waals surface area contributed by atoms with Gasteiger partial charge in [0.15, 0.2) is 11.6 Å². The number of benzene rings is 1. The van der Waals surface area contributed by atoms with Gasteiger partial charge in [-0.1, -0.05) is 61.9 Å². The minimum atomic E-state index is -1.50. The summed E-state index contributed by atoms with van der Waals surface area (Å²) in [7, 11) is 0. The van der Waals surface area contributed by atoms with Gasteiger partial charge in [-0.3, -0.25) is 14.9 Å². The number of fused-ring (bicyclic) bond motifs is 4. The minimum absolute atomic E-state index is 0.00830. The van der Waals surface area contributed by atoms with Gasteiger partial charge in [-0.15, -0.1) is 0 Å². The van der Waals surface area contributed by atoms with Crippen LogP contribution in [0.1, 0.15) is 56.4 Å². The molecular formula is C38H44FN5O8. The molecule has 0 spiro atoms. The van der Waals surface area contributed by atoms with Crippen LogP contribution in [0, 0.1) is 11.8 Å². The second kappa shape index (κ2) is 17.7. The van der Waals surface area contributed by atoms with E-state index in [0.717, 1.165) is 11.6 Å². The number of oxazole rings is 1. The van der Waals surface area contributed by atoms with Crippen molar-refractivity contribution in [3.63, 3.8) is 0 Å². The van der Waals surface area contributed by atoms with Crippen LogP contribution in [0.3, 0.4) is 0 Å². The molecule has 0 saturated carbocycles. The molecule has 5 rings (SSSR count). The molecule has 1 aromatic carbocycles. The van der Waals surface area contributed by atoms with Crippen LogP contribution in [0.25, 0.3) is 10.9 Å². The third kappa shape index (κ3) is 10.3. The molecule has 2 aromatic heterocycles. The Morgan fingerprint density at radius 2 is 1.98 bits per heavy atom. The number of alkyl halides is 1. The lowest BCUT2D eigenvalue weighted by molar-refractivity contribution is -0.159. The van der Waals surface area contributed by atoms with Crippen molar-refractivity contribution in [1.82, 2.24) is 20.2 Å². The first-order valence-corrected chi connectivity index (χ1v) is 17.4. The average molecular weight is 718 g/mol. The normalized spacial score (nSPS) is 25.0. The van der Waals surface area contributed by atoms with E-state index in [1.165, 1.54) is 17.1 Å². The Kier molecular flexibility index (Phi) is 12.9. The lowest BCUT2D eigenvalue weighted by atomic mass is 9.93. The summed E-state index contributed by atoms with van der Waals surface area (Å²) in [4.78, 5) is 62.6. The monoisotopic (exact) mass is 717 g/mol. The molecular weight excluding hydrogens is 673 g/mol. The maximum absolute atomic E-state index is 14.8. The van der Waals surface area contributed by atoms with Crippen LogP contribution in [-0.4, -0.2) is 88.0 Å². The number of carbonyl (C=O) groups is 4. The van der Waals surface area contributed by atoms with Crippen molar-refractivity contribution in [2.24, 2.45) is 11.8 Å². The van der Waals surface area contributed by atoms with E-state index in [2.05, 4.69) is 20.6 Å². The van der Waals surface area contributed by atoms with Crippen molar-refractivity contribution in [2.75, 3.05) is 25.0 Å². The van der Waals surface area contributed by atoms with Crippen molar-refractivity contribution in [3.05, 3.63) is 90.2 Å². The zero-order chi connectivity index (χ0) is 37.2. The van der Waals surface area contributed by atoms with Gasteiger partial charge in [0.25, 0.3) is 5.91 Å². The van der Waals surface area contributed by atoms with Crippen molar-refractivity contribution in [1.29, 1.82) is 0 Å². The number of anilines is 1. The quantitative estimate of drug-likeness (QED) is 0.309. The molecule has 1 saturated heterocycles. The van der Waals surface area contributed by atoms with Gasteiger partial charge in [0.05, 0.1) is 24.6 Å². The number of halogens is 1. The molecule has 0 aliphatic carbocycles. The number of hydrogen-bond donors (Lipinski definition) is 3. The number of allylic oxidation sites excluding steroid dienone is 2. The van der Waals surface area contributed by atoms with Crippen molar-refractivity contribution in [2.45, 2.75) is 70.9 Å². The summed E-state index contributed by atoms with van der Waals surface area (Å²) in [6.07, 6.45) is 5.18. The first-order chi connectivity index (χ1) is 25.0. The van der Waals surface area contributed by atoms with Gasteiger partial charge in [0, 0.05) is 36.7 Å². The second-order valence-corrected chi connectivity index (χ2v) is 13.2. The van der Waals surface area contributed by atoms with E-state index >= 15 is 0 Å².